The number of carbonyl (C=O) groups excluding carboxylic acids is 2. The Morgan fingerprint density at radius 1 is 1.03 bits per heavy atom. The van der Waals surface area contributed by atoms with Crippen LogP contribution in [0.25, 0.3) is 0 Å². The van der Waals surface area contributed by atoms with Gasteiger partial charge in [-0.2, -0.15) is 0 Å². The summed E-state index contributed by atoms with van der Waals surface area (Å²) >= 11 is 5.95. The number of urea groups is 1. The van der Waals surface area contributed by atoms with Crippen molar-refractivity contribution in [2.45, 2.75) is 19.6 Å². The third kappa shape index (κ3) is 6.02. The van der Waals surface area contributed by atoms with Crippen molar-refractivity contribution in [3.63, 3.8) is 0 Å². The molecule has 0 aliphatic rings. The third-order valence-corrected chi connectivity index (χ3v) is 4.23. The van der Waals surface area contributed by atoms with Gasteiger partial charge >= 0.3 is 11.9 Å². The number of hydrazine groups is 1. The van der Waals surface area contributed by atoms with Crippen molar-refractivity contribution in [3.8, 4) is 5.75 Å². The first-order chi connectivity index (χ1) is 14.0. The van der Waals surface area contributed by atoms with Crippen LogP contribution >= 0.6 is 11.6 Å². The van der Waals surface area contributed by atoms with Gasteiger partial charge in [0.05, 0.1) is 6.04 Å². The molecule has 1 unspecified atom stereocenters. The molecular weight excluding hydrogens is 394 g/mol. The topological polar surface area (TPSA) is 92.6 Å². The van der Waals surface area contributed by atoms with Crippen molar-refractivity contribution in [3.05, 3.63) is 88.8 Å². The second kappa shape index (κ2) is 9.66. The predicted molar refractivity (Wildman–Crippen MR) is 108 cm³/mol. The Morgan fingerprint density at radius 3 is 2.59 bits per heavy atom. The summed E-state index contributed by atoms with van der Waals surface area (Å²) in [6.07, 6.45) is 0. The van der Waals surface area contributed by atoms with Gasteiger partial charge in [0, 0.05) is 5.02 Å². The smallest absolute Gasteiger partial charge is 0.333 e. The molecule has 0 aliphatic carbocycles. The molecule has 7 nitrogen and oxygen atoms in total. The Morgan fingerprint density at radius 2 is 1.83 bits per heavy atom. The van der Waals surface area contributed by atoms with Crippen LogP contribution < -0.4 is 20.9 Å². The molecule has 8 heteroatoms. The van der Waals surface area contributed by atoms with Crippen LogP contribution in [-0.4, -0.2) is 11.9 Å². The molecule has 0 aliphatic heterocycles. The minimum atomic E-state index is -0.582. The van der Waals surface area contributed by atoms with Crippen molar-refractivity contribution >= 4 is 23.5 Å². The van der Waals surface area contributed by atoms with Gasteiger partial charge in [0.15, 0.2) is 5.76 Å². The summed E-state index contributed by atoms with van der Waals surface area (Å²) in [5.74, 6) is 0.654. The molecule has 3 rings (SSSR count). The largest absolute Gasteiger partial charge is 0.486 e. The molecule has 0 saturated heterocycles. The van der Waals surface area contributed by atoms with Crippen molar-refractivity contribution < 1.29 is 18.7 Å². The maximum atomic E-state index is 12.1. The van der Waals surface area contributed by atoms with E-state index in [0.717, 1.165) is 5.56 Å². The molecule has 0 fully saturated rings. The lowest BCUT2D eigenvalue weighted by Gasteiger charge is -2.15. The molecule has 0 radical (unpaired) electrons. The number of nitrogens with one attached hydrogen (secondary N) is 3. The first-order valence-electron chi connectivity index (χ1n) is 8.90. The van der Waals surface area contributed by atoms with Gasteiger partial charge in [-0.3, -0.25) is 10.2 Å². The van der Waals surface area contributed by atoms with Gasteiger partial charge in [-0.25, -0.2) is 10.2 Å². The maximum Gasteiger partial charge on any atom is 0.333 e. The first kappa shape index (κ1) is 20.3. The number of halogens is 1. The fourth-order valence-corrected chi connectivity index (χ4v) is 2.71. The Labute approximate surface area is 173 Å². The predicted octanol–water partition coefficient (Wildman–Crippen LogP) is 4.22. The summed E-state index contributed by atoms with van der Waals surface area (Å²) < 4.78 is 11.0. The van der Waals surface area contributed by atoms with Crippen LogP contribution in [0, 0.1) is 0 Å². The number of para-hydroxylation sites is 1. The van der Waals surface area contributed by atoms with Crippen LogP contribution in [0.3, 0.4) is 0 Å². The lowest BCUT2D eigenvalue weighted by atomic mass is 10.1. The third-order valence-electron chi connectivity index (χ3n) is 4.00. The second-order valence-corrected chi connectivity index (χ2v) is 6.63. The number of carbonyl (C=O) groups is 2. The van der Waals surface area contributed by atoms with E-state index in [1.54, 1.807) is 31.2 Å². The Bertz CT molecular complexity index is 975. The minimum absolute atomic E-state index is 0.0554. The fraction of sp³-hybridized carbons (Fsp3) is 0.143. The van der Waals surface area contributed by atoms with E-state index >= 15 is 0 Å². The number of ether oxygens (including phenoxy) is 1. The minimum Gasteiger partial charge on any atom is -0.486 e. The number of rotatable bonds is 6. The van der Waals surface area contributed by atoms with Gasteiger partial charge < -0.3 is 14.5 Å². The highest BCUT2D eigenvalue weighted by Crippen LogP contribution is 2.17. The number of furan rings is 1. The normalized spacial score (nSPS) is 11.4. The van der Waals surface area contributed by atoms with Crippen LogP contribution in [0.15, 0.2) is 71.1 Å². The zero-order chi connectivity index (χ0) is 20.6. The lowest BCUT2D eigenvalue weighted by Crippen LogP contribution is -2.47. The van der Waals surface area contributed by atoms with Crippen LogP contribution in [0.4, 0.5) is 4.79 Å². The van der Waals surface area contributed by atoms with Crippen molar-refractivity contribution in [1.29, 1.82) is 0 Å². The maximum absolute atomic E-state index is 12.1. The van der Waals surface area contributed by atoms with Crippen LogP contribution in [0.1, 0.15) is 34.8 Å². The zero-order valence-corrected chi connectivity index (χ0v) is 16.4. The molecule has 0 spiro atoms. The van der Waals surface area contributed by atoms with E-state index in [1.165, 1.54) is 6.07 Å². The monoisotopic (exact) mass is 413 g/mol. The van der Waals surface area contributed by atoms with Crippen LogP contribution in [0.2, 0.25) is 5.02 Å². The van der Waals surface area contributed by atoms with Gasteiger partial charge in [-0.1, -0.05) is 41.9 Å². The van der Waals surface area contributed by atoms with Crippen molar-refractivity contribution in [2.24, 2.45) is 0 Å². The summed E-state index contributed by atoms with van der Waals surface area (Å²) in [6.45, 7) is 1.99. The molecule has 3 aromatic rings. The van der Waals surface area contributed by atoms with Crippen LogP contribution in [-0.2, 0) is 6.61 Å². The number of hydrogen-bond donors (Lipinski definition) is 3. The van der Waals surface area contributed by atoms with Gasteiger partial charge in [-0.15, -0.1) is 0 Å². The van der Waals surface area contributed by atoms with Gasteiger partial charge in [0.2, 0.25) is 0 Å². The molecular formula is C21H20ClN3O4. The average molecular weight is 414 g/mol. The van der Waals surface area contributed by atoms with Crippen molar-refractivity contribution in [2.75, 3.05) is 0 Å². The molecule has 0 bridgehead atoms. The van der Waals surface area contributed by atoms with E-state index in [4.69, 9.17) is 20.8 Å². The molecule has 1 aromatic heterocycles. The number of amides is 3. The average Bonchev–Trinajstić information content (AvgIpc) is 3.20. The first-order valence-corrected chi connectivity index (χ1v) is 9.28. The SMILES string of the molecule is CC(NC(=O)NNC(=O)c1ccc(COc2ccccc2)o1)c1cccc(Cl)c1. The van der Waals surface area contributed by atoms with E-state index in [0.29, 0.717) is 16.5 Å². The van der Waals surface area contributed by atoms with Gasteiger partial charge in [0.25, 0.3) is 0 Å². The molecule has 0 saturated carbocycles. The Kier molecular flexibility index (Phi) is 6.76. The highest BCUT2D eigenvalue weighted by atomic mass is 35.5. The summed E-state index contributed by atoms with van der Waals surface area (Å²) in [7, 11) is 0. The highest BCUT2D eigenvalue weighted by Gasteiger charge is 2.14. The van der Waals surface area contributed by atoms with E-state index < -0.39 is 11.9 Å². The standard InChI is InChI=1S/C21H20ClN3O4/c1-14(15-6-5-7-16(22)12-15)23-21(27)25-24-20(26)19-11-10-18(29-19)13-28-17-8-3-2-4-9-17/h2-12,14H,13H2,1H3,(H,24,26)(H2,23,25,27). The van der Waals surface area contributed by atoms with E-state index in [1.807, 2.05) is 36.4 Å². The molecule has 29 heavy (non-hydrogen) atoms. The van der Waals surface area contributed by atoms with E-state index in [9.17, 15) is 9.59 Å². The van der Waals surface area contributed by atoms with Gasteiger partial charge in [0.1, 0.15) is 18.1 Å². The molecule has 3 amide bonds. The quantitative estimate of drug-likeness (QED) is 0.527. The summed E-state index contributed by atoms with van der Waals surface area (Å²) in [5.41, 5.74) is 5.42. The zero-order valence-electron chi connectivity index (χ0n) is 15.6. The summed E-state index contributed by atoms with van der Waals surface area (Å²) in [5, 5.41) is 3.28. The fourth-order valence-electron chi connectivity index (χ4n) is 2.52. The molecule has 2 aromatic carbocycles. The summed E-state index contributed by atoms with van der Waals surface area (Å²) in [6, 6.07) is 18.7. The molecule has 3 N–H and O–H groups in total. The molecule has 1 heterocycles. The van der Waals surface area contributed by atoms with Crippen molar-refractivity contribution in [1.82, 2.24) is 16.2 Å². The molecule has 150 valence electrons. The van der Waals surface area contributed by atoms with Gasteiger partial charge in [-0.05, 0) is 48.9 Å². The lowest BCUT2D eigenvalue weighted by molar-refractivity contribution is 0.0904. The number of hydrogen-bond acceptors (Lipinski definition) is 4. The number of benzene rings is 2. The van der Waals surface area contributed by atoms with E-state index in [2.05, 4.69) is 16.2 Å². The Hall–Kier alpha value is -3.45. The van der Waals surface area contributed by atoms with E-state index in [-0.39, 0.29) is 18.4 Å². The molecule has 1 atom stereocenters. The van der Waals surface area contributed by atoms with Crippen LogP contribution in [0.5, 0.6) is 5.75 Å². The second-order valence-electron chi connectivity index (χ2n) is 6.20. The highest BCUT2D eigenvalue weighted by molar-refractivity contribution is 6.30. The summed E-state index contributed by atoms with van der Waals surface area (Å²) in [4.78, 5) is 24.1. The Balaban J connectivity index is 1.45.